The third-order valence-corrected chi connectivity index (χ3v) is 2.87. The Hall–Kier alpha value is -0.0800. The third kappa shape index (κ3) is 2.20. The molecule has 0 aliphatic carbocycles. The maximum atomic E-state index is 9.82. The highest BCUT2D eigenvalue weighted by Gasteiger charge is 2.33. The third-order valence-electron chi connectivity index (χ3n) is 2.87. The van der Waals surface area contributed by atoms with Crippen molar-refractivity contribution in [1.82, 2.24) is 4.90 Å². The van der Waals surface area contributed by atoms with Gasteiger partial charge in [-0.15, -0.1) is 0 Å². The van der Waals surface area contributed by atoms with Crippen LogP contribution in [0.4, 0.5) is 0 Å². The molecular formula is C10H21NO. The van der Waals surface area contributed by atoms with Crippen LogP contribution in [-0.2, 0) is 0 Å². The zero-order valence-electron chi connectivity index (χ0n) is 8.67. The van der Waals surface area contributed by atoms with Gasteiger partial charge in [-0.25, -0.2) is 0 Å². The van der Waals surface area contributed by atoms with E-state index in [1.807, 2.05) is 6.92 Å². The minimum Gasteiger partial charge on any atom is -0.390 e. The Labute approximate surface area is 75.6 Å². The summed E-state index contributed by atoms with van der Waals surface area (Å²) >= 11 is 0. The first kappa shape index (κ1) is 10.0. The second-order valence-electron chi connectivity index (χ2n) is 4.63. The van der Waals surface area contributed by atoms with Gasteiger partial charge in [0.2, 0.25) is 0 Å². The zero-order valence-corrected chi connectivity index (χ0v) is 8.67. The van der Waals surface area contributed by atoms with E-state index in [0.717, 1.165) is 19.4 Å². The molecule has 72 valence electrons. The van der Waals surface area contributed by atoms with Gasteiger partial charge >= 0.3 is 0 Å². The standard InChI is InChI=1S/C10H21NO/c1-8(2)11-6-5-10(4,12)7-9(11)3/h8-9,12H,5-7H2,1-4H3/t9-,10?/m1/s1. The predicted octanol–water partition coefficient (Wildman–Crippen LogP) is 1.63. The molecule has 2 atom stereocenters. The summed E-state index contributed by atoms with van der Waals surface area (Å²) in [5, 5.41) is 9.82. The van der Waals surface area contributed by atoms with Crippen molar-refractivity contribution in [2.75, 3.05) is 6.54 Å². The summed E-state index contributed by atoms with van der Waals surface area (Å²) in [5.74, 6) is 0. The largest absolute Gasteiger partial charge is 0.390 e. The van der Waals surface area contributed by atoms with E-state index >= 15 is 0 Å². The number of nitrogens with zero attached hydrogens (tertiary/aromatic N) is 1. The molecule has 0 amide bonds. The molecule has 1 aliphatic rings. The van der Waals surface area contributed by atoms with Crippen LogP contribution in [0.2, 0.25) is 0 Å². The molecule has 1 saturated heterocycles. The quantitative estimate of drug-likeness (QED) is 0.648. The van der Waals surface area contributed by atoms with Crippen LogP contribution in [0.3, 0.4) is 0 Å². The first-order chi connectivity index (χ1) is 5.42. The average molecular weight is 171 g/mol. The predicted molar refractivity (Wildman–Crippen MR) is 51.2 cm³/mol. The van der Waals surface area contributed by atoms with Gasteiger partial charge in [0.05, 0.1) is 5.60 Å². The van der Waals surface area contributed by atoms with Crippen LogP contribution in [0.1, 0.15) is 40.5 Å². The fourth-order valence-corrected chi connectivity index (χ4v) is 2.21. The van der Waals surface area contributed by atoms with Crippen molar-refractivity contribution >= 4 is 0 Å². The smallest absolute Gasteiger partial charge is 0.0646 e. The molecule has 0 aromatic heterocycles. The molecular weight excluding hydrogens is 150 g/mol. The molecule has 0 saturated carbocycles. The highest BCUT2D eigenvalue weighted by molar-refractivity contribution is 4.87. The van der Waals surface area contributed by atoms with Crippen LogP contribution < -0.4 is 0 Å². The normalized spacial score (nSPS) is 39.0. The van der Waals surface area contributed by atoms with E-state index in [1.54, 1.807) is 0 Å². The van der Waals surface area contributed by atoms with Crippen LogP contribution in [-0.4, -0.2) is 34.2 Å². The molecule has 0 radical (unpaired) electrons. The van der Waals surface area contributed by atoms with Crippen LogP contribution in [0, 0.1) is 0 Å². The fourth-order valence-electron chi connectivity index (χ4n) is 2.21. The van der Waals surface area contributed by atoms with Crippen molar-refractivity contribution in [1.29, 1.82) is 0 Å². The minimum absolute atomic E-state index is 0.426. The molecule has 1 fully saturated rings. The lowest BCUT2D eigenvalue weighted by Gasteiger charge is -2.43. The average Bonchev–Trinajstić information content (AvgIpc) is 1.83. The van der Waals surface area contributed by atoms with Crippen molar-refractivity contribution in [3.63, 3.8) is 0 Å². The van der Waals surface area contributed by atoms with Gasteiger partial charge in [-0.1, -0.05) is 0 Å². The van der Waals surface area contributed by atoms with Gasteiger partial charge in [-0.2, -0.15) is 0 Å². The zero-order chi connectivity index (χ0) is 9.35. The summed E-state index contributed by atoms with van der Waals surface area (Å²) in [4.78, 5) is 2.46. The van der Waals surface area contributed by atoms with Gasteiger partial charge in [0.1, 0.15) is 0 Å². The van der Waals surface area contributed by atoms with E-state index in [0.29, 0.717) is 12.1 Å². The van der Waals surface area contributed by atoms with Crippen molar-refractivity contribution < 1.29 is 5.11 Å². The second-order valence-corrected chi connectivity index (χ2v) is 4.63. The molecule has 0 spiro atoms. The summed E-state index contributed by atoms with van der Waals surface area (Å²) in [6.45, 7) is 9.62. The van der Waals surface area contributed by atoms with E-state index in [1.165, 1.54) is 0 Å². The van der Waals surface area contributed by atoms with Crippen molar-refractivity contribution in [3.8, 4) is 0 Å². The summed E-state index contributed by atoms with van der Waals surface area (Å²) in [7, 11) is 0. The van der Waals surface area contributed by atoms with E-state index in [9.17, 15) is 5.11 Å². The van der Waals surface area contributed by atoms with Gasteiger partial charge in [0, 0.05) is 18.6 Å². The van der Waals surface area contributed by atoms with Gasteiger partial charge < -0.3 is 5.11 Å². The van der Waals surface area contributed by atoms with E-state index < -0.39 is 5.60 Å². The van der Waals surface area contributed by atoms with Crippen LogP contribution in [0.25, 0.3) is 0 Å². The highest BCUT2D eigenvalue weighted by atomic mass is 16.3. The summed E-state index contributed by atoms with van der Waals surface area (Å²) < 4.78 is 0. The Kier molecular flexibility index (Phi) is 2.79. The van der Waals surface area contributed by atoms with Crippen LogP contribution in [0.15, 0.2) is 0 Å². The Morgan fingerprint density at radius 3 is 2.50 bits per heavy atom. The van der Waals surface area contributed by atoms with Crippen molar-refractivity contribution in [3.05, 3.63) is 0 Å². The van der Waals surface area contributed by atoms with Gasteiger partial charge in [-0.05, 0) is 40.5 Å². The Morgan fingerprint density at radius 2 is 2.08 bits per heavy atom. The molecule has 1 aliphatic heterocycles. The van der Waals surface area contributed by atoms with E-state index in [4.69, 9.17) is 0 Å². The first-order valence-electron chi connectivity index (χ1n) is 4.90. The lowest BCUT2D eigenvalue weighted by Crippen LogP contribution is -2.50. The van der Waals surface area contributed by atoms with Crippen molar-refractivity contribution in [2.24, 2.45) is 0 Å². The van der Waals surface area contributed by atoms with E-state index in [-0.39, 0.29) is 0 Å². The summed E-state index contributed by atoms with van der Waals surface area (Å²) in [5.41, 5.74) is -0.426. The van der Waals surface area contributed by atoms with Gasteiger partial charge in [0.15, 0.2) is 0 Å². The SMILES string of the molecule is CC(C)N1CCC(C)(O)C[C@H]1C. The monoisotopic (exact) mass is 171 g/mol. The Bertz CT molecular complexity index is 154. The number of rotatable bonds is 1. The highest BCUT2D eigenvalue weighted by Crippen LogP contribution is 2.27. The van der Waals surface area contributed by atoms with Gasteiger partial charge in [0.25, 0.3) is 0 Å². The summed E-state index contributed by atoms with van der Waals surface area (Å²) in [6, 6.07) is 1.13. The number of hydrogen-bond acceptors (Lipinski definition) is 2. The molecule has 0 aromatic carbocycles. The second kappa shape index (κ2) is 3.35. The van der Waals surface area contributed by atoms with Crippen LogP contribution in [0.5, 0.6) is 0 Å². The first-order valence-corrected chi connectivity index (χ1v) is 4.90. The van der Waals surface area contributed by atoms with Gasteiger partial charge in [-0.3, -0.25) is 4.90 Å². The molecule has 0 bridgehead atoms. The maximum absolute atomic E-state index is 9.82. The molecule has 1 N–H and O–H groups in total. The Balaban J connectivity index is 2.54. The lowest BCUT2D eigenvalue weighted by atomic mass is 9.88. The fraction of sp³-hybridized carbons (Fsp3) is 1.00. The summed E-state index contributed by atoms with van der Waals surface area (Å²) in [6.07, 6.45) is 1.82. The number of hydrogen-bond donors (Lipinski definition) is 1. The lowest BCUT2D eigenvalue weighted by molar-refractivity contribution is -0.0378. The minimum atomic E-state index is -0.426. The van der Waals surface area contributed by atoms with Crippen molar-refractivity contribution in [2.45, 2.75) is 58.2 Å². The number of aliphatic hydroxyl groups is 1. The number of piperidine rings is 1. The molecule has 0 aromatic rings. The molecule has 1 rings (SSSR count). The maximum Gasteiger partial charge on any atom is 0.0646 e. The molecule has 1 heterocycles. The molecule has 12 heavy (non-hydrogen) atoms. The Morgan fingerprint density at radius 1 is 1.50 bits per heavy atom. The topological polar surface area (TPSA) is 23.5 Å². The molecule has 2 nitrogen and oxygen atoms in total. The van der Waals surface area contributed by atoms with E-state index in [2.05, 4.69) is 25.7 Å². The number of likely N-dealkylation sites (tertiary alicyclic amines) is 1. The molecule has 1 unspecified atom stereocenters. The van der Waals surface area contributed by atoms with Crippen LogP contribution >= 0.6 is 0 Å². The molecule has 2 heteroatoms.